The molecule has 5 nitrogen and oxygen atoms in total. The van der Waals surface area contributed by atoms with Gasteiger partial charge in [-0.3, -0.25) is 0 Å². The highest BCUT2D eigenvalue weighted by Gasteiger charge is 2.21. The van der Waals surface area contributed by atoms with E-state index in [1.807, 2.05) is 0 Å². The normalized spacial score (nSPS) is 16.1. The lowest BCUT2D eigenvalue weighted by Crippen LogP contribution is -2.15. The summed E-state index contributed by atoms with van der Waals surface area (Å²) in [7, 11) is 0. The Kier molecular flexibility index (Phi) is 4.31. The van der Waals surface area contributed by atoms with E-state index in [2.05, 4.69) is 57.5 Å². The number of rotatable bonds is 4. The summed E-state index contributed by atoms with van der Waals surface area (Å²) in [5.41, 5.74) is 3.33. The van der Waals surface area contributed by atoms with Gasteiger partial charge in [0.25, 0.3) is 0 Å². The number of pyridine rings is 1. The Balaban J connectivity index is 1.54. The first-order chi connectivity index (χ1) is 11.7. The molecule has 0 atom stereocenters. The molecule has 0 unspecified atom stereocenters. The zero-order chi connectivity index (χ0) is 16.5. The fourth-order valence-electron chi connectivity index (χ4n) is 3.62. The van der Waals surface area contributed by atoms with E-state index in [1.54, 1.807) is 11.8 Å². The number of aryl methyl sites for hydroxylation is 2. The third-order valence-electron chi connectivity index (χ3n) is 4.85. The van der Waals surface area contributed by atoms with Crippen LogP contribution in [0.4, 0.5) is 0 Å². The first-order valence-electron chi connectivity index (χ1n) is 8.70. The molecule has 24 heavy (non-hydrogen) atoms. The molecule has 0 aromatic carbocycles. The number of aromatic nitrogens is 5. The first kappa shape index (κ1) is 15.7. The van der Waals surface area contributed by atoms with Crippen LogP contribution in [-0.2, 0) is 5.75 Å². The van der Waals surface area contributed by atoms with Gasteiger partial charge in [0.15, 0.2) is 5.16 Å². The Morgan fingerprint density at radius 2 is 2.00 bits per heavy atom. The second-order valence-electron chi connectivity index (χ2n) is 6.63. The molecular weight excluding hydrogens is 318 g/mol. The second-order valence-corrected chi connectivity index (χ2v) is 7.58. The number of imidazole rings is 1. The van der Waals surface area contributed by atoms with Crippen molar-refractivity contribution in [1.82, 2.24) is 24.1 Å². The Labute approximate surface area is 146 Å². The number of hydrogen-bond acceptors (Lipinski definition) is 4. The van der Waals surface area contributed by atoms with E-state index in [-0.39, 0.29) is 0 Å². The zero-order valence-electron chi connectivity index (χ0n) is 14.3. The molecule has 0 N–H and O–H groups in total. The van der Waals surface area contributed by atoms with Gasteiger partial charge in [0.2, 0.25) is 0 Å². The van der Waals surface area contributed by atoms with Gasteiger partial charge in [-0.15, -0.1) is 10.2 Å². The van der Waals surface area contributed by atoms with E-state index in [0.717, 1.165) is 28.1 Å². The SMILES string of the molecule is Cc1cccn2cc(CSc3nnc(C)n3C3CCCCC3)nc12. The van der Waals surface area contributed by atoms with Crippen LogP contribution < -0.4 is 0 Å². The van der Waals surface area contributed by atoms with Crippen LogP contribution >= 0.6 is 11.8 Å². The monoisotopic (exact) mass is 341 g/mol. The van der Waals surface area contributed by atoms with Gasteiger partial charge in [0.05, 0.1) is 5.69 Å². The second kappa shape index (κ2) is 6.59. The Morgan fingerprint density at radius 1 is 1.17 bits per heavy atom. The predicted octanol–water partition coefficient (Wildman–Crippen LogP) is 4.34. The number of thioether (sulfide) groups is 1. The number of nitrogens with zero attached hydrogens (tertiary/aromatic N) is 5. The maximum Gasteiger partial charge on any atom is 0.191 e. The third kappa shape index (κ3) is 2.95. The Hall–Kier alpha value is -1.82. The molecular formula is C18H23N5S. The molecule has 0 amide bonds. The molecule has 0 spiro atoms. The first-order valence-corrected chi connectivity index (χ1v) is 9.68. The van der Waals surface area contributed by atoms with Crippen molar-refractivity contribution in [2.45, 2.75) is 62.9 Å². The summed E-state index contributed by atoms with van der Waals surface area (Å²) in [6.45, 7) is 4.17. The summed E-state index contributed by atoms with van der Waals surface area (Å²) in [4.78, 5) is 4.76. The van der Waals surface area contributed by atoms with Gasteiger partial charge in [-0.25, -0.2) is 4.98 Å². The average Bonchev–Trinajstić information content (AvgIpc) is 3.18. The van der Waals surface area contributed by atoms with Crippen molar-refractivity contribution in [2.75, 3.05) is 0 Å². The van der Waals surface area contributed by atoms with Crippen molar-refractivity contribution >= 4 is 17.4 Å². The highest BCUT2D eigenvalue weighted by molar-refractivity contribution is 7.98. The minimum atomic E-state index is 0.569. The molecule has 1 aliphatic carbocycles. The van der Waals surface area contributed by atoms with Crippen molar-refractivity contribution < 1.29 is 0 Å². The molecule has 3 heterocycles. The maximum absolute atomic E-state index is 4.76. The fraction of sp³-hybridized carbons (Fsp3) is 0.500. The molecule has 6 heteroatoms. The van der Waals surface area contributed by atoms with Gasteiger partial charge in [-0.2, -0.15) is 0 Å². The molecule has 126 valence electrons. The fourth-order valence-corrected chi connectivity index (χ4v) is 4.56. The summed E-state index contributed by atoms with van der Waals surface area (Å²) < 4.78 is 4.45. The van der Waals surface area contributed by atoms with E-state index in [9.17, 15) is 0 Å². The predicted molar refractivity (Wildman–Crippen MR) is 96.4 cm³/mol. The molecule has 4 rings (SSSR count). The molecule has 0 radical (unpaired) electrons. The van der Waals surface area contributed by atoms with Crippen LogP contribution in [-0.4, -0.2) is 24.1 Å². The average molecular weight is 341 g/mol. The van der Waals surface area contributed by atoms with Gasteiger partial charge in [0, 0.05) is 24.2 Å². The number of hydrogen-bond donors (Lipinski definition) is 0. The molecule has 1 fully saturated rings. The molecule has 0 bridgehead atoms. The van der Waals surface area contributed by atoms with Crippen LogP contribution in [0.5, 0.6) is 0 Å². The van der Waals surface area contributed by atoms with Crippen molar-refractivity contribution in [3.63, 3.8) is 0 Å². The van der Waals surface area contributed by atoms with Crippen molar-refractivity contribution in [1.29, 1.82) is 0 Å². The van der Waals surface area contributed by atoms with Crippen molar-refractivity contribution in [3.8, 4) is 0 Å². The van der Waals surface area contributed by atoms with E-state index >= 15 is 0 Å². The van der Waals surface area contributed by atoms with Crippen LogP contribution in [0, 0.1) is 13.8 Å². The summed E-state index contributed by atoms with van der Waals surface area (Å²) in [6, 6.07) is 4.73. The quantitative estimate of drug-likeness (QED) is 0.662. The molecule has 0 saturated heterocycles. The summed E-state index contributed by atoms with van der Waals surface area (Å²) in [6.07, 6.45) is 10.7. The molecule has 0 aliphatic heterocycles. The topological polar surface area (TPSA) is 48.0 Å². The lowest BCUT2D eigenvalue weighted by Gasteiger charge is -2.24. The van der Waals surface area contributed by atoms with E-state index in [0.29, 0.717) is 6.04 Å². The van der Waals surface area contributed by atoms with Crippen LogP contribution in [0.15, 0.2) is 29.7 Å². The number of fused-ring (bicyclic) bond motifs is 1. The maximum atomic E-state index is 4.76. The van der Waals surface area contributed by atoms with E-state index < -0.39 is 0 Å². The van der Waals surface area contributed by atoms with Crippen LogP contribution in [0.25, 0.3) is 5.65 Å². The zero-order valence-corrected chi connectivity index (χ0v) is 15.1. The lowest BCUT2D eigenvalue weighted by atomic mass is 9.95. The van der Waals surface area contributed by atoms with Gasteiger partial charge in [0.1, 0.15) is 11.5 Å². The van der Waals surface area contributed by atoms with Gasteiger partial charge in [-0.05, 0) is 38.3 Å². The van der Waals surface area contributed by atoms with E-state index in [1.165, 1.54) is 37.7 Å². The summed E-state index contributed by atoms with van der Waals surface area (Å²) in [5.74, 6) is 1.86. The Bertz CT molecular complexity index is 844. The lowest BCUT2D eigenvalue weighted by molar-refractivity contribution is 0.332. The van der Waals surface area contributed by atoms with Gasteiger partial charge >= 0.3 is 0 Å². The largest absolute Gasteiger partial charge is 0.307 e. The minimum Gasteiger partial charge on any atom is -0.307 e. The molecule has 1 saturated carbocycles. The minimum absolute atomic E-state index is 0.569. The molecule has 1 aliphatic rings. The molecule has 3 aromatic rings. The van der Waals surface area contributed by atoms with Crippen molar-refractivity contribution in [2.24, 2.45) is 0 Å². The molecule has 3 aromatic heterocycles. The third-order valence-corrected chi connectivity index (χ3v) is 5.83. The summed E-state index contributed by atoms with van der Waals surface area (Å²) >= 11 is 1.75. The highest BCUT2D eigenvalue weighted by atomic mass is 32.2. The van der Waals surface area contributed by atoms with Crippen LogP contribution in [0.2, 0.25) is 0 Å². The van der Waals surface area contributed by atoms with Crippen LogP contribution in [0.1, 0.15) is 55.2 Å². The smallest absolute Gasteiger partial charge is 0.191 e. The van der Waals surface area contributed by atoms with Crippen molar-refractivity contribution in [3.05, 3.63) is 41.6 Å². The summed E-state index contributed by atoms with van der Waals surface area (Å²) in [5, 5.41) is 9.78. The standard InChI is InChI=1S/C18H23N5S/c1-13-7-6-10-22-11-15(19-17(13)22)12-24-18-21-20-14(2)23(18)16-8-4-3-5-9-16/h6-7,10-11,16H,3-5,8-9,12H2,1-2H3. The van der Waals surface area contributed by atoms with Gasteiger partial charge < -0.3 is 8.97 Å². The van der Waals surface area contributed by atoms with E-state index in [4.69, 9.17) is 4.98 Å². The van der Waals surface area contributed by atoms with Crippen LogP contribution in [0.3, 0.4) is 0 Å². The highest BCUT2D eigenvalue weighted by Crippen LogP contribution is 2.33. The van der Waals surface area contributed by atoms with Gasteiger partial charge in [-0.1, -0.05) is 37.1 Å². The Morgan fingerprint density at radius 3 is 2.79 bits per heavy atom.